The molecule has 0 aromatic carbocycles. The molecule has 3 aliphatic rings. The molecular weight excluding hydrogens is 281 g/mol. The molecule has 3 unspecified atom stereocenters. The van der Waals surface area contributed by atoms with Gasteiger partial charge in [0, 0.05) is 28.0 Å². The first-order chi connectivity index (χ1) is 7.88. The summed E-state index contributed by atoms with van der Waals surface area (Å²) in [4.78, 5) is 2.36. The van der Waals surface area contributed by atoms with Crippen LogP contribution >= 0.6 is 15.9 Å². The van der Waals surface area contributed by atoms with Crippen LogP contribution in [0, 0.1) is 11.3 Å². The van der Waals surface area contributed by atoms with Crippen LogP contribution in [-0.4, -0.2) is 29.7 Å². The highest BCUT2D eigenvalue weighted by Gasteiger charge is 2.58. The summed E-state index contributed by atoms with van der Waals surface area (Å²) in [5.41, 5.74) is -0.0567. The Morgan fingerprint density at radius 2 is 2.24 bits per heavy atom. The van der Waals surface area contributed by atoms with E-state index < -0.39 is 0 Å². The number of hydrogen-bond acceptors (Lipinski definition) is 1. The Morgan fingerprint density at radius 1 is 1.59 bits per heavy atom. The number of allylic oxidation sites excluding steroid dienone is 1. The van der Waals surface area contributed by atoms with E-state index in [2.05, 4.69) is 54.6 Å². The second-order valence-electron chi connectivity index (χ2n) is 6.22. The second kappa shape index (κ2) is 4.34. The topological polar surface area (TPSA) is 3.24 Å². The van der Waals surface area contributed by atoms with Gasteiger partial charge in [0.05, 0.1) is 0 Å². The lowest BCUT2D eigenvalue weighted by atomic mass is 9.61. The van der Waals surface area contributed by atoms with Gasteiger partial charge >= 0.3 is 0 Å². The standard InChI is InChI=1S/C14H23BrFN/c1-10(2)14-9-17(11(14)3)13(4,8-16)7-5-6-12(14)15/h6,10-11H,5,7-9H2,1-4H3/t11?,13-,14?/m1/s1. The number of hydrogen-bond donors (Lipinski definition) is 0. The van der Waals surface area contributed by atoms with Crippen molar-refractivity contribution in [3.8, 4) is 0 Å². The highest BCUT2D eigenvalue weighted by Crippen LogP contribution is 2.55. The molecule has 3 aliphatic heterocycles. The van der Waals surface area contributed by atoms with Crippen molar-refractivity contribution in [3.05, 3.63) is 10.6 Å². The third-order valence-electron chi connectivity index (χ3n) is 5.11. The summed E-state index contributed by atoms with van der Waals surface area (Å²) in [6.07, 6.45) is 4.16. The molecule has 0 radical (unpaired) electrons. The molecule has 0 aromatic heterocycles. The summed E-state index contributed by atoms with van der Waals surface area (Å²) < 4.78 is 14.7. The van der Waals surface area contributed by atoms with Gasteiger partial charge in [0.1, 0.15) is 6.67 Å². The molecule has 3 rings (SSSR count). The van der Waals surface area contributed by atoms with Gasteiger partial charge in [0.2, 0.25) is 0 Å². The van der Waals surface area contributed by atoms with Gasteiger partial charge in [-0.1, -0.05) is 35.9 Å². The molecule has 4 atom stereocenters. The number of halogens is 2. The Labute approximate surface area is 113 Å². The van der Waals surface area contributed by atoms with Crippen molar-refractivity contribution in [3.63, 3.8) is 0 Å². The smallest absolute Gasteiger partial charge is 0.108 e. The van der Waals surface area contributed by atoms with Gasteiger partial charge in [0.25, 0.3) is 0 Å². The van der Waals surface area contributed by atoms with Gasteiger partial charge in [-0.25, -0.2) is 4.39 Å². The zero-order valence-electron chi connectivity index (χ0n) is 11.3. The fourth-order valence-electron chi connectivity index (χ4n) is 3.58. The molecule has 0 N–H and O–H groups in total. The predicted molar refractivity (Wildman–Crippen MR) is 74.1 cm³/mol. The van der Waals surface area contributed by atoms with Crippen LogP contribution in [0.2, 0.25) is 0 Å². The van der Waals surface area contributed by atoms with E-state index in [1.165, 1.54) is 4.48 Å². The van der Waals surface area contributed by atoms with Gasteiger partial charge in [0.15, 0.2) is 0 Å². The predicted octanol–water partition coefficient (Wildman–Crippen LogP) is 4.13. The van der Waals surface area contributed by atoms with E-state index >= 15 is 0 Å². The van der Waals surface area contributed by atoms with E-state index in [1.54, 1.807) is 0 Å². The van der Waals surface area contributed by atoms with Gasteiger partial charge in [-0.3, -0.25) is 4.90 Å². The minimum absolute atomic E-state index is 0.205. The number of rotatable bonds is 2. The van der Waals surface area contributed by atoms with E-state index in [-0.39, 0.29) is 17.6 Å². The van der Waals surface area contributed by atoms with Crippen LogP contribution in [0.4, 0.5) is 4.39 Å². The normalized spacial score (nSPS) is 45.9. The molecule has 17 heavy (non-hydrogen) atoms. The zero-order valence-corrected chi connectivity index (χ0v) is 12.8. The van der Waals surface area contributed by atoms with E-state index in [0.717, 1.165) is 19.4 Å². The third kappa shape index (κ3) is 1.73. The molecule has 1 nitrogen and oxygen atoms in total. The summed E-state index contributed by atoms with van der Waals surface area (Å²) in [6, 6.07) is 0.425. The quantitative estimate of drug-likeness (QED) is 0.741. The summed E-state index contributed by atoms with van der Waals surface area (Å²) in [6.45, 7) is 9.62. The maximum absolute atomic E-state index is 13.4. The molecule has 0 aromatic rings. The van der Waals surface area contributed by atoms with Crippen molar-refractivity contribution in [1.82, 2.24) is 4.90 Å². The van der Waals surface area contributed by atoms with Gasteiger partial charge in [-0.2, -0.15) is 0 Å². The van der Waals surface area contributed by atoms with Crippen LogP contribution in [0.1, 0.15) is 40.5 Å². The lowest BCUT2D eigenvalue weighted by molar-refractivity contribution is -0.135. The van der Waals surface area contributed by atoms with Crippen LogP contribution < -0.4 is 0 Å². The van der Waals surface area contributed by atoms with Crippen molar-refractivity contribution >= 4 is 15.9 Å². The van der Waals surface area contributed by atoms with Crippen molar-refractivity contribution in [2.45, 2.75) is 52.1 Å². The van der Waals surface area contributed by atoms with E-state index in [4.69, 9.17) is 0 Å². The third-order valence-corrected chi connectivity index (χ3v) is 6.17. The Bertz CT molecular complexity index is 341. The highest BCUT2D eigenvalue weighted by atomic mass is 79.9. The molecule has 0 saturated carbocycles. The molecule has 3 heteroatoms. The SMILES string of the molecule is CC(C)C12CN(C1C)[C@@](C)(CF)CCC=C2Br. The van der Waals surface area contributed by atoms with Crippen molar-refractivity contribution < 1.29 is 4.39 Å². The molecule has 0 aliphatic carbocycles. The number of fused-ring (bicyclic) bond motifs is 3. The van der Waals surface area contributed by atoms with Crippen LogP contribution in [0.15, 0.2) is 10.6 Å². The molecule has 1 saturated heterocycles. The molecule has 0 amide bonds. The largest absolute Gasteiger partial charge is 0.291 e. The Balaban J connectivity index is 2.38. The molecule has 3 heterocycles. The lowest BCUT2D eigenvalue weighted by Gasteiger charge is -2.65. The van der Waals surface area contributed by atoms with Crippen LogP contribution in [-0.2, 0) is 0 Å². The highest BCUT2D eigenvalue weighted by molar-refractivity contribution is 9.11. The molecule has 2 bridgehead atoms. The fraction of sp³-hybridized carbons (Fsp3) is 0.857. The van der Waals surface area contributed by atoms with Gasteiger partial charge < -0.3 is 0 Å². The van der Waals surface area contributed by atoms with E-state index in [9.17, 15) is 4.39 Å². The zero-order chi connectivity index (χ0) is 12.8. The van der Waals surface area contributed by atoms with Crippen LogP contribution in [0.25, 0.3) is 0 Å². The Morgan fingerprint density at radius 3 is 2.71 bits per heavy atom. The second-order valence-corrected chi connectivity index (χ2v) is 7.07. The fourth-order valence-corrected chi connectivity index (χ4v) is 4.72. The van der Waals surface area contributed by atoms with Crippen molar-refractivity contribution in [2.24, 2.45) is 11.3 Å². The molecule has 0 spiro atoms. The Kier molecular flexibility index (Phi) is 3.46. The monoisotopic (exact) mass is 303 g/mol. The lowest BCUT2D eigenvalue weighted by Crippen LogP contribution is -2.72. The summed E-state index contributed by atoms with van der Waals surface area (Å²) in [5.74, 6) is 0.585. The molecule has 1 fully saturated rings. The summed E-state index contributed by atoms with van der Waals surface area (Å²) in [7, 11) is 0. The van der Waals surface area contributed by atoms with Crippen molar-refractivity contribution in [1.29, 1.82) is 0 Å². The maximum Gasteiger partial charge on any atom is 0.108 e. The van der Waals surface area contributed by atoms with Crippen LogP contribution in [0.3, 0.4) is 0 Å². The number of alkyl halides is 1. The average Bonchev–Trinajstić information content (AvgIpc) is 2.25. The minimum atomic E-state index is -0.262. The first-order valence-corrected chi connectivity index (χ1v) is 7.36. The number of nitrogens with zero attached hydrogens (tertiary/aromatic N) is 1. The van der Waals surface area contributed by atoms with E-state index in [1.807, 2.05) is 0 Å². The van der Waals surface area contributed by atoms with Crippen LogP contribution in [0.5, 0.6) is 0 Å². The maximum atomic E-state index is 13.4. The first-order valence-electron chi connectivity index (χ1n) is 6.57. The molecule has 98 valence electrons. The van der Waals surface area contributed by atoms with Crippen molar-refractivity contribution in [2.75, 3.05) is 13.2 Å². The molecular formula is C14H23BrFN. The summed E-state index contributed by atoms with van der Waals surface area (Å²) >= 11 is 3.77. The van der Waals surface area contributed by atoms with E-state index in [0.29, 0.717) is 12.0 Å². The van der Waals surface area contributed by atoms with Gasteiger partial charge in [-0.15, -0.1) is 0 Å². The van der Waals surface area contributed by atoms with Gasteiger partial charge in [-0.05, 0) is 32.6 Å². The summed E-state index contributed by atoms with van der Waals surface area (Å²) in [5, 5.41) is 0. The Hall–Kier alpha value is 0.110. The minimum Gasteiger partial charge on any atom is -0.291 e. The first kappa shape index (κ1) is 13.5. The average molecular weight is 304 g/mol.